The van der Waals surface area contributed by atoms with Crippen molar-refractivity contribution in [3.63, 3.8) is 0 Å². The van der Waals surface area contributed by atoms with Crippen molar-refractivity contribution in [2.45, 2.75) is 24.8 Å². The number of amides is 1. The van der Waals surface area contributed by atoms with Crippen molar-refractivity contribution in [1.29, 1.82) is 0 Å². The van der Waals surface area contributed by atoms with Gasteiger partial charge >= 0.3 is 0 Å². The molecule has 114 valence electrons. The highest BCUT2D eigenvalue weighted by molar-refractivity contribution is 9.10. The third-order valence-electron chi connectivity index (χ3n) is 5.21. The number of carbonyl (C=O) groups is 1. The molecule has 2 aliphatic rings. The average Bonchev–Trinajstić information content (AvgIpc) is 2.81. The molecule has 1 aliphatic heterocycles. The second-order valence-corrected chi connectivity index (χ2v) is 7.09. The van der Waals surface area contributed by atoms with Crippen molar-refractivity contribution in [2.75, 3.05) is 13.1 Å². The number of rotatable bonds is 3. The van der Waals surface area contributed by atoms with Gasteiger partial charge in [0.05, 0.1) is 15.6 Å². The average molecular weight is 360 g/mol. The summed E-state index contributed by atoms with van der Waals surface area (Å²) in [4.78, 5) is 16.9. The second kappa shape index (κ2) is 5.32. The van der Waals surface area contributed by atoms with E-state index in [2.05, 4.69) is 31.5 Å². The predicted molar refractivity (Wildman–Crippen MR) is 89.9 cm³/mol. The molecule has 1 aliphatic carbocycles. The molecule has 0 bridgehead atoms. The van der Waals surface area contributed by atoms with E-state index in [0.29, 0.717) is 12.1 Å². The topological polar surface area (TPSA) is 54.0 Å². The first-order valence-corrected chi connectivity index (χ1v) is 8.55. The minimum atomic E-state index is -0.0341. The minimum Gasteiger partial charge on any atom is -0.350 e. The fourth-order valence-corrected chi connectivity index (χ4v) is 4.40. The third kappa shape index (κ3) is 2.15. The lowest BCUT2D eigenvalue weighted by Crippen LogP contribution is -2.59. The summed E-state index contributed by atoms with van der Waals surface area (Å²) in [7, 11) is 0. The number of aromatic nitrogens is 1. The van der Waals surface area contributed by atoms with Gasteiger partial charge in [-0.25, -0.2) is 0 Å². The van der Waals surface area contributed by atoms with Crippen LogP contribution >= 0.6 is 15.9 Å². The number of hydrogen-bond donors (Lipinski definition) is 2. The molecule has 22 heavy (non-hydrogen) atoms. The summed E-state index contributed by atoms with van der Waals surface area (Å²) in [5.74, 6) is 0.697. The number of nitrogens with one attached hydrogen (secondary N) is 2. The second-order valence-electron chi connectivity index (χ2n) is 6.29. The van der Waals surface area contributed by atoms with E-state index < -0.39 is 0 Å². The van der Waals surface area contributed by atoms with Crippen LogP contribution in [-0.4, -0.2) is 29.5 Å². The van der Waals surface area contributed by atoms with Crippen molar-refractivity contribution >= 4 is 32.7 Å². The number of benzene rings is 1. The van der Waals surface area contributed by atoms with Crippen LogP contribution in [0.15, 0.2) is 34.9 Å². The maximum absolute atomic E-state index is 12.5. The molecule has 2 unspecified atom stereocenters. The standard InChI is InChI=1S/C17H18BrN3O/c18-14-13(4-3-11-2-1-8-19-15(11)14)16(22)20-10-17-7-5-12(17)6-9-21-17/h1-4,8,12,21H,5-7,9-10H2,(H,20,22). The van der Waals surface area contributed by atoms with Gasteiger partial charge in [0.15, 0.2) is 0 Å². The summed E-state index contributed by atoms with van der Waals surface area (Å²) in [5, 5.41) is 7.72. The molecule has 2 aromatic rings. The van der Waals surface area contributed by atoms with Gasteiger partial charge in [0.2, 0.25) is 0 Å². The molecule has 1 saturated heterocycles. The van der Waals surface area contributed by atoms with Gasteiger partial charge in [-0.2, -0.15) is 0 Å². The normalized spacial score (nSPS) is 26.5. The highest BCUT2D eigenvalue weighted by atomic mass is 79.9. The van der Waals surface area contributed by atoms with E-state index >= 15 is 0 Å². The molecule has 4 rings (SSSR count). The van der Waals surface area contributed by atoms with Gasteiger partial charge in [0.25, 0.3) is 5.91 Å². The molecule has 1 saturated carbocycles. The first-order chi connectivity index (χ1) is 10.7. The monoisotopic (exact) mass is 359 g/mol. The van der Waals surface area contributed by atoms with E-state index in [-0.39, 0.29) is 11.4 Å². The summed E-state index contributed by atoms with van der Waals surface area (Å²) in [5.41, 5.74) is 1.63. The minimum absolute atomic E-state index is 0.0341. The molecule has 1 aromatic heterocycles. The fourth-order valence-electron chi connectivity index (χ4n) is 3.76. The summed E-state index contributed by atoms with van der Waals surface area (Å²) < 4.78 is 0.769. The molecule has 0 spiro atoms. The molecule has 1 aromatic carbocycles. The Kier molecular flexibility index (Phi) is 3.42. The predicted octanol–water partition coefficient (Wildman–Crippen LogP) is 2.87. The molecule has 0 radical (unpaired) electrons. The van der Waals surface area contributed by atoms with Gasteiger partial charge < -0.3 is 10.6 Å². The molecular formula is C17H18BrN3O. The van der Waals surface area contributed by atoms with Gasteiger partial charge in [-0.3, -0.25) is 9.78 Å². The van der Waals surface area contributed by atoms with Crippen LogP contribution in [0.1, 0.15) is 29.6 Å². The van der Waals surface area contributed by atoms with E-state index in [0.717, 1.165) is 27.8 Å². The Hall–Kier alpha value is -1.46. The first-order valence-electron chi connectivity index (χ1n) is 7.76. The van der Waals surface area contributed by atoms with Gasteiger partial charge in [-0.15, -0.1) is 0 Å². The molecule has 1 amide bonds. The van der Waals surface area contributed by atoms with Crippen molar-refractivity contribution in [3.8, 4) is 0 Å². The number of nitrogens with zero attached hydrogens (tertiary/aromatic N) is 1. The molecule has 2 heterocycles. The number of fused-ring (bicyclic) bond motifs is 2. The van der Waals surface area contributed by atoms with E-state index in [9.17, 15) is 4.79 Å². The Balaban J connectivity index is 1.54. The first kappa shape index (κ1) is 14.2. The Bertz CT molecular complexity index is 748. The Morgan fingerprint density at radius 1 is 1.41 bits per heavy atom. The third-order valence-corrected chi connectivity index (χ3v) is 6.01. The zero-order chi connectivity index (χ0) is 15.2. The summed E-state index contributed by atoms with van der Waals surface area (Å²) >= 11 is 3.54. The van der Waals surface area contributed by atoms with Gasteiger partial charge in [0.1, 0.15) is 0 Å². The lowest BCUT2D eigenvalue weighted by molar-refractivity contribution is 0.0878. The van der Waals surface area contributed by atoms with Crippen LogP contribution in [-0.2, 0) is 0 Å². The maximum atomic E-state index is 12.5. The Labute approximate surface area is 137 Å². The molecular weight excluding hydrogens is 342 g/mol. The number of halogens is 1. The highest BCUT2D eigenvalue weighted by Crippen LogP contribution is 2.44. The molecule has 2 fully saturated rings. The largest absolute Gasteiger partial charge is 0.350 e. The fraction of sp³-hybridized carbons (Fsp3) is 0.412. The van der Waals surface area contributed by atoms with Crippen molar-refractivity contribution < 1.29 is 4.79 Å². The zero-order valence-corrected chi connectivity index (χ0v) is 13.8. The lowest BCUT2D eigenvalue weighted by Gasteiger charge is -2.45. The van der Waals surface area contributed by atoms with Gasteiger partial charge in [-0.05, 0) is 59.8 Å². The van der Waals surface area contributed by atoms with Crippen LogP contribution in [0.25, 0.3) is 10.9 Å². The summed E-state index contributed by atoms with van der Waals surface area (Å²) in [6.45, 7) is 1.79. The van der Waals surface area contributed by atoms with Crippen LogP contribution < -0.4 is 10.6 Å². The zero-order valence-electron chi connectivity index (χ0n) is 12.2. The highest BCUT2D eigenvalue weighted by Gasteiger charge is 2.49. The number of hydrogen-bond acceptors (Lipinski definition) is 3. The maximum Gasteiger partial charge on any atom is 0.252 e. The van der Waals surface area contributed by atoms with Gasteiger partial charge in [-0.1, -0.05) is 12.1 Å². The Morgan fingerprint density at radius 3 is 3.09 bits per heavy atom. The lowest BCUT2D eigenvalue weighted by atomic mass is 9.68. The van der Waals surface area contributed by atoms with Crippen LogP contribution in [0.5, 0.6) is 0 Å². The number of pyridine rings is 1. The summed E-state index contributed by atoms with van der Waals surface area (Å²) in [6, 6.07) is 7.70. The van der Waals surface area contributed by atoms with Crippen LogP contribution in [0.3, 0.4) is 0 Å². The van der Waals surface area contributed by atoms with Crippen molar-refractivity contribution in [2.24, 2.45) is 5.92 Å². The van der Waals surface area contributed by atoms with Crippen LogP contribution in [0.4, 0.5) is 0 Å². The van der Waals surface area contributed by atoms with E-state index in [4.69, 9.17) is 0 Å². The summed E-state index contributed by atoms with van der Waals surface area (Å²) in [6.07, 6.45) is 5.43. The molecule has 4 nitrogen and oxygen atoms in total. The van der Waals surface area contributed by atoms with Gasteiger partial charge in [0, 0.05) is 23.7 Å². The van der Waals surface area contributed by atoms with E-state index in [1.54, 1.807) is 6.20 Å². The SMILES string of the molecule is O=C(NCC12CCC1CCN2)c1ccc2cccnc2c1Br. The molecule has 5 heteroatoms. The quantitative estimate of drug-likeness (QED) is 0.885. The Morgan fingerprint density at radius 2 is 2.32 bits per heavy atom. The van der Waals surface area contributed by atoms with Crippen LogP contribution in [0, 0.1) is 5.92 Å². The van der Waals surface area contributed by atoms with Crippen molar-refractivity contribution in [3.05, 3.63) is 40.5 Å². The van der Waals surface area contributed by atoms with Crippen LogP contribution in [0.2, 0.25) is 0 Å². The smallest absolute Gasteiger partial charge is 0.252 e. The van der Waals surface area contributed by atoms with Crippen molar-refractivity contribution in [1.82, 2.24) is 15.6 Å². The van der Waals surface area contributed by atoms with E-state index in [1.807, 2.05) is 24.3 Å². The molecule has 2 atom stereocenters. The number of carbonyl (C=O) groups excluding carboxylic acids is 1. The van der Waals surface area contributed by atoms with E-state index in [1.165, 1.54) is 19.3 Å². The molecule has 2 N–H and O–H groups in total.